The molecule has 0 spiro atoms. The maximum Gasteiger partial charge on any atom is 0.307 e. The van der Waals surface area contributed by atoms with Gasteiger partial charge in [-0.1, -0.05) is 12.1 Å². The Hall–Kier alpha value is -2.24. The van der Waals surface area contributed by atoms with Gasteiger partial charge in [0.25, 0.3) is 0 Å². The number of hydrogen-bond acceptors (Lipinski definition) is 4. The van der Waals surface area contributed by atoms with Gasteiger partial charge in [-0.15, -0.1) is 0 Å². The molecule has 4 N–H and O–H groups in total. The zero-order valence-corrected chi connectivity index (χ0v) is 8.17. The second-order valence-electron chi connectivity index (χ2n) is 3.22. The molecule has 0 aliphatic heterocycles. The van der Waals surface area contributed by atoms with Crippen molar-refractivity contribution in [3.8, 4) is 11.5 Å². The highest BCUT2D eigenvalue weighted by Gasteiger charge is 2.15. The van der Waals surface area contributed by atoms with Gasteiger partial charge < -0.3 is 20.4 Å². The molecule has 86 valence electrons. The molecule has 0 atom stereocenters. The number of benzene rings is 1. The lowest BCUT2D eigenvalue weighted by atomic mass is 10.0. The Morgan fingerprint density at radius 2 is 1.19 bits per heavy atom. The summed E-state index contributed by atoms with van der Waals surface area (Å²) in [5.41, 5.74) is 0.0817. The second kappa shape index (κ2) is 4.52. The van der Waals surface area contributed by atoms with E-state index in [1.807, 2.05) is 0 Å². The van der Waals surface area contributed by atoms with Gasteiger partial charge in [0.05, 0.1) is 12.8 Å². The van der Waals surface area contributed by atoms with Crippen LogP contribution in [0.4, 0.5) is 0 Å². The van der Waals surface area contributed by atoms with Crippen LogP contribution in [0.1, 0.15) is 11.1 Å². The number of carboxylic acids is 2. The minimum atomic E-state index is -1.15. The van der Waals surface area contributed by atoms with Crippen molar-refractivity contribution < 1.29 is 30.0 Å². The molecule has 0 aromatic heterocycles. The molecule has 6 heteroatoms. The van der Waals surface area contributed by atoms with Gasteiger partial charge in [-0.05, 0) is 0 Å². The molecular formula is C10H10O6. The Kier molecular flexibility index (Phi) is 3.34. The average Bonchev–Trinajstić information content (AvgIpc) is 2.16. The predicted molar refractivity (Wildman–Crippen MR) is 52.5 cm³/mol. The van der Waals surface area contributed by atoms with Crippen molar-refractivity contribution in [3.05, 3.63) is 23.3 Å². The summed E-state index contributed by atoms with van der Waals surface area (Å²) in [6.07, 6.45) is -0.876. The molecular weight excluding hydrogens is 216 g/mol. The van der Waals surface area contributed by atoms with Crippen LogP contribution >= 0.6 is 0 Å². The monoisotopic (exact) mass is 226 g/mol. The molecule has 1 rings (SSSR count). The lowest BCUT2D eigenvalue weighted by Crippen LogP contribution is -2.03. The molecule has 6 nitrogen and oxygen atoms in total. The molecule has 0 unspecified atom stereocenters. The van der Waals surface area contributed by atoms with E-state index in [4.69, 9.17) is 10.2 Å². The van der Waals surface area contributed by atoms with Crippen LogP contribution in [-0.4, -0.2) is 32.4 Å². The van der Waals surface area contributed by atoms with Gasteiger partial charge in [0, 0.05) is 11.1 Å². The van der Waals surface area contributed by atoms with Gasteiger partial charge in [0.15, 0.2) is 11.5 Å². The van der Waals surface area contributed by atoms with E-state index in [0.29, 0.717) is 0 Å². The molecule has 0 saturated carbocycles. The van der Waals surface area contributed by atoms with E-state index in [2.05, 4.69) is 0 Å². The van der Waals surface area contributed by atoms with E-state index in [-0.39, 0.29) is 11.1 Å². The zero-order valence-electron chi connectivity index (χ0n) is 8.17. The molecule has 0 aliphatic carbocycles. The van der Waals surface area contributed by atoms with Crippen LogP contribution in [0.15, 0.2) is 12.1 Å². The number of phenols is 2. The first-order valence-corrected chi connectivity index (χ1v) is 4.38. The molecule has 0 bridgehead atoms. The van der Waals surface area contributed by atoms with Crippen molar-refractivity contribution in [1.29, 1.82) is 0 Å². The second-order valence-corrected chi connectivity index (χ2v) is 3.22. The summed E-state index contributed by atoms with van der Waals surface area (Å²) in [6, 6.07) is 2.56. The summed E-state index contributed by atoms with van der Waals surface area (Å²) in [7, 11) is 0. The summed E-state index contributed by atoms with van der Waals surface area (Å²) in [6.45, 7) is 0. The summed E-state index contributed by atoms with van der Waals surface area (Å²) in [5, 5.41) is 35.9. The van der Waals surface area contributed by atoms with Gasteiger partial charge >= 0.3 is 11.9 Å². The van der Waals surface area contributed by atoms with Crippen molar-refractivity contribution in [2.75, 3.05) is 0 Å². The van der Waals surface area contributed by atoms with Crippen molar-refractivity contribution in [2.24, 2.45) is 0 Å². The first-order valence-electron chi connectivity index (χ1n) is 4.38. The van der Waals surface area contributed by atoms with E-state index >= 15 is 0 Å². The fourth-order valence-electron chi connectivity index (χ4n) is 1.27. The number of carboxylic acid groups (broad SMARTS) is 2. The maximum atomic E-state index is 10.4. The molecule has 0 aliphatic rings. The lowest BCUT2D eigenvalue weighted by Gasteiger charge is -2.07. The third-order valence-corrected chi connectivity index (χ3v) is 2.00. The molecule has 1 aromatic rings. The minimum Gasteiger partial charge on any atom is -0.504 e. The molecule has 16 heavy (non-hydrogen) atoms. The molecule has 0 radical (unpaired) electrons. The normalized spacial score (nSPS) is 10.0. The smallest absolute Gasteiger partial charge is 0.307 e. The van der Waals surface area contributed by atoms with E-state index in [1.165, 1.54) is 12.1 Å². The van der Waals surface area contributed by atoms with E-state index < -0.39 is 36.3 Å². The first kappa shape index (κ1) is 11.8. The Balaban J connectivity index is 3.07. The number of hydrogen-bond donors (Lipinski definition) is 4. The van der Waals surface area contributed by atoms with Crippen LogP contribution in [0.2, 0.25) is 0 Å². The molecule has 0 amide bonds. The molecule has 0 heterocycles. The summed E-state index contributed by atoms with van der Waals surface area (Å²) < 4.78 is 0. The SMILES string of the molecule is O=C(O)Cc1ccc(CC(=O)O)c(O)c1O. The summed E-state index contributed by atoms with van der Waals surface area (Å²) in [4.78, 5) is 20.8. The summed E-state index contributed by atoms with van der Waals surface area (Å²) >= 11 is 0. The average molecular weight is 226 g/mol. The topological polar surface area (TPSA) is 115 Å². The fourth-order valence-corrected chi connectivity index (χ4v) is 1.27. The number of aliphatic carboxylic acids is 2. The van der Waals surface area contributed by atoms with Gasteiger partial charge in [0.1, 0.15) is 0 Å². The third-order valence-electron chi connectivity index (χ3n) is 2.00. The van der Waals surface area contributed by atoms with Crippen LogP contribution in [0.3, 0.4) is 0 Å². The standard InChI is InChI=1S/C10H10O6/c11-7(12)3-5-1-2-6(4-8(13)14)10(16)9(5)15/h1-2,15-16H,3-4H2,(H,11,12)(H,13,14). The van der Waals surface area contributed by atoms with Gasteiger partial charge in [-0.25, -0.2) is 0 Å². The van der Waals surface area contributed by atoms with Gasteiger partial charge in [-0.3, -0.25) is 9.59 Å². The number of phenolic OH excluding ortho intramolecular Hbond substituents is 2. The van der Waals surface area contributed by atoms with Crippen LogP contribution < -0.4 is 0 Å². The molecule has 0 fully saturated rings. The molecule has 0 saturated heterocycles. The van der Waals surface area contributed by atoms with Crippen molar-refractivity contribution in [3.63, 3.8) is 0 Å². The van der Waals surface area contributed by atoms with Crippen molar-refractivity contribution in [2.45, 2.75) is 12.8 Å². The van der Waals surface area contributed by atoms with Gasteiger partial charge in [0.2, 0.25) is 0 Å². The largest absolute Gasteiger partial charge is 0.504 e. The summed E-state index contributed by atoms with van der Waals surface area (Å²) in [5.74, 6) is -3.47. The van der Waals surface area contributed by atoms with Crippen molar-refractivity contribution in [1.82, 2.24) is 0 Å². The zero-order chi connectivity index (χ0) is 12.3. The maximum absolute atomic E-state index is 10.4. The number of rotatable bonds is 4. The van der Waals surface area contributed by atoms with Gasteiger partial charge in [-0.2, -0.15) is 0 Å². The van der Waals surface area contributed by atoms with Crippen molar-refractivity contribution >= 4 is 11.9 Å². The first-order chi connectivity index (χ1) is 7.41. The highest BCUT2D eigenvalue weighted by molar-refractivity contribution is 5.74. The Bertz CT molecular complexity index is 396. The van der Waals surface area contributed by atoms with Crippen LogP contribution in [0.5, 0.6) is 11.5 Å². The highest BCUT2D eigenvalue weighted by Crippen LogP contribution is 2.33. The quantitative estimate of drug-likeness (QED) is 0.551. The number of carbonyl (C=O) groups is 2. The van der Waals surface area contributed by atoms with Crippen LogP contribution in [0.25, 0.3) is 0 Å². The Morgan fingerprint density at radius 3 is 1.44 bits per heavy atom. The highest BCUT2D eigenvalue weighted by atomic mass is 16.4. The van der Waals surface area contributed by atoms with E-state index in [1.54, 1.807) is 0 Å². The third kappa shape index (κ3) is 2.63. The fraction of sp³-hybridized carbons (Fsp3) is 0.200. The Labute approximate surface area is 90.4 Å². The van der Waals surface area contributed by atoms with Crippen LogP contribution in [0, 0.1) is 0 Å². The lowest BCUT2D eigenvalue weighted by molar-refractivity contribution is -0.137. The number of aromatic hydroxyl groups is 2. The predicted octanol–water partition coefficient (Wildman–Crippen LogP) is 0.352. The minimum absolute atomic E-state index is 0.0409. The van der Waals surface area contributed by atoms with E-state index in [0.717, 1.165) is 0 Å². The molecule has 1 aromatic carbocycles. The Morgan fingerprint density at radius 1 is 0.875 bits per heavy atom. The van der Waals surface area contributed by atoms with E-state index in [9.17, 15) is 19.8 Å². The van der Waals surface area contributed by atoms with Crippen LogP contribution in [-0.2, 0) is 22.4 Å².